The number of fused-ring (bicyclic) bond motifs is 5. The average molecular weight is 546 g/mol. The van der Waals surface area contributed by atoms with E-state index >= 15 is 0 Å². The summed E-state index contributed by atoms with van der Waals surface area (Å²) in [7, 11) is 0. The van der Waals surface area contributed by atoms with Crippen LogP contribution in [-0.4, -0.2) is 73.4 Å². The molecular formula is C23H40IN5O2. The number of unbranched alkanes of at least 4 members (excludes halogenated alkanes) is 1. The second kappa shape index (κ2) is 12.8. The van der Waals surface area contributed by atoms with Crippen LogP contribution in [0.1, 0.15) is 46.5 Å². The number of rotatable bonds is 12. The van der Waals surface area contributed by atoms with Crippen molar-refractivity contribution in [1.82, 2.24) is 20.4 Å². The molecule has 2 N–H and O–H groups in total. The van der Waals surface area contributed by atoms with Gasteiger partial charge in [-0.2, -0.15) is 0 Å². The van der Waals surface area contributed by atoms with Crippen LogP contribution in [0.3, 0.4) is 0 Å². The summed E-state index contributed by atoms with van der Waals surface area (Å²) in [5, 5.41) is 6.67. The fraction of sp³-hybridized carbons (Fsp3) is 0.783. The number of imide groups is 1. The highest BCUT2D eigenvalue weighted by atomic mass is 127. The van der Waals surface area contributed by atoms with Crippen LogP contribution in [0.2, 0.25) is 0 Å². The van der Waals surface area contributed by atoms with Crippen molar-refractivity contribution in [3.8, 4) is 0 Å². The normalized spacial score (nSPS) is 26.6. The third-order valence-electron chi connectivity index (χ3n) is 6.80. The van der Waals surface area contributed by atoms with Crippen LogP contribution in [0.5, 0.6) is 0 Å². The zero-order chi connectivity index (χ0) is 21.5. The molecule has 0 spiro atoms. The fourth-order valence-corrected chi connectivity index (χ4v) is 5.15. The smallest absolute Gasteiger partial charge is 0.233 e. The number of nitrogens with zero attached hydrogens (tertiary/aromatic N) is 3. The number of carbonyl (C=O) groups excluding carboxylic acids is 2. The van der Waals surface area contributed by atoms with Crippen molar-refractivity contribution >= 4 is 41.8 Å². The minimum atomic E-state index is -0.0914. The number of halogens is 1. The first-order valence-corrected chi connectivity index (χ1v) is 11.9. The summed E-state index contributed by atoms with van der Waals surface area (Å²) in [5.41, 5.74) is 0. The first kappa shape index (κ1) is 26.1. The number of aliphatic imine (C=N–C) groups is 1. The number of carbonyl (C=O) groups is 2. The summed E-state index contributed by atoms with van der Waals surface area (Å²) in [4.78, 5) is 34.0. The van der Waals surface area contributed by atoms with Gasteiger partial charge in [0.25, 0.3) is 0 Å². The molecule has 0 aromatic rings. The third-order valence-corrected chi connectivity index (χ3v) is 6.80. The highest BCUT2D eigenvalue weighted by molar-refractivity contribution is 14.0. The first-order chi connectivity index (χ1) is 14.6. The molecule has 1 aliphatic heterocycles. The number of amides is 2. The van der Waals surface area contributed by atoms with Gasteiger partial charge in [-0.1, -0.05) is 26.0 Å². The molecule has 1 saturated carbocycles. The molecular weight excluding hydrogens is 505 g/mol. The molecule has 7 nitrogen and oxygen atoms in total. The van der Waals surface area contributed by atoms with E-state index in [1.165, 1.54) is 11.3 Å². The van der Waals surface area contributed by atoms with Gasteiger partial charge >= 0.3 is 0 Å². The van der Waals surface area contributed by atoms with E-state index in [-0.39, 0.29) is 59.5 Å². The SMILES string of the molecule is CCNC(=NCCCN1C(=O)C2C3C=CC(C3)C2C1=O)NCCCCN(CC)CC.I. The molecule has 2 amide bonds. The standard InChI is InChI=1S/C23H39N5O2.HI/c1-4-24-23(25-12-7-8-14-27(5-2)6-3)26-13-9-15-28-21(29)19-17-10-11-18(16-17)20(19)22(28)30;/h10-11,17-20H,4-9,12-16H2,1-3H3,(H2,24,25,26);1H. The average Bonchev–Trinajstić information content (AvgIpc) is 3.43. The van der Waals surface area contributed by atoms with Crippen molar-refractivity contribution in [2.75, 3.05) is 45.8 Å². The maximum Gasteiger partial charge on any atom is 0.233 e. The van der Waals surface area contributed by atoms with Crippen LogP contribution < -0.4 is 10.6 Å². The molecule has 4 atom stereocenters. The summed E-state index contributed by atoms with van der Waals surface area (Å²) in [5.74, 6) is 1.29. The van der Waals surface area contributed by atoms with Crippen molar-refractivity contribution in [3.05, 3.63) is 12.2 Å². The Kier molecular flexibility index (Phi) is 10.7. The van der Waals surface area contributed by atoms with E-state index in [9.17, 15) is 9.59 Å². The molecule has 1 saturated heterocycles. The topological polar surface area (TPSA) is 77.0 Å². The summed E-state index contributed by atoms with van der Waals surface area (Å²) in [6.45, 7) is 12.6. The zero-order valence-corrected chi connectivity index (χ0v) is 21.6. The van der Waals surface area contributed by atoms with Crippen LogP contribution in [0.25, 0.3) is 0 Å². The van der Waals surface area contributed by atoms with E-state index in [1.807, 2.05) is 0 Å². The van der Waals surface area contributed by atoms with Gasteiger partial charge in [-0.15, -0.1) is 24.0 Å². The summed E-state index contributed by atoms with van der Waals surface area (Å²) in [6.07, 6.45) is 8.25. The maximum absolute atomic E-state index is 12.7. The highest BCUT2D eigenvalue weighted by Crippen LogP contribution is 2.52. The van der Waals surface area contributed by atoms with E-state index < -0.39 is 0 Å². The van der Waals surface area contributed by atoms with Crippen LogP contribution in [0.4, 0.5) is 0 Å². The van der Waals surface area contributed by atoms with Crippen LogP contribution in [0.15, 0.2) is 17.1 Å². The van der Waals surface area contributed by atoms with E-state index in [4.69, 9.17) is 0 Å². The van der Waals surface area contributed by atoms with Gasteiger partial charge in [0.05, 0.1) is 11.8 Å². The van der Waals surface area contributed by atoms with Crippen molar-refractivity contribution in [2.24, 2.45) is 28.7 Å². The Hall–Kier alpha value is -1.16. The first-order valence-electron chi connectivity index (χ1n) is 11.9. The minimum absolute atomic E-state index is 0. The Labute approximate surface area is 204 Å². The van der Waals surface area contributed by atoms with Crippen LogP contribution in [-0.2, 0) is 9.59 Å². The largest absolute Gasteiger partial charge is 0.357 e. The second-order valence-corrected chi connectivity index (χ2v) is 8.60. The monoisotopic (exact) mass is 545 g/mol. The van der Waals surface area contributed by atoms with Gasteiger partial charge in [-0.25, -0.2) is 0 Å². The number of guanidine groups is 1. The van der Waals surface area contributed by atoms with Crippen molar-refractivity contribution < 1.29 is 9.59 Å². The number of hydrogen-bond acceptors (Lipinski definition) is 4. The Morgan fingerprint density at radius 2 is 1.68 bits per heavy atom. The summed E-state index contributed by atoms with van der Waals surface area (Å²) in [6, 6.07) is 0. The zero-order valence-electron chi connectivity index (χ0n) is 19.3. The summed E-state index contributed by atoms with van der Waals surface area (Å²) < 4.78 is 0. The quantitative estimate of drug-likeness (QED) is 0.0985. The number of likely N-dealkylation sites (tertiary alicyclic amines) is 1. The van der Waals surface area contributed by atoms with E-state index in [0.29, 0.717) is 19.5 Å². The molecule has 176 valence electrons. The Morgan fingerprint density at radius 3 is 2.26 bits per heavy atom. The predicted octanol–water partition coefficient (Wildman–Crippen LogP) is 2.48. The van der Waals surface area contributed by atoms with Gasteiger partial charge in [0.15, 0.2) is 5.96 Å². The molecule has 3 rings (SSSR count). The lowest BCUT2D eigenvalue weighted by atomic mass is 9.85. The Bertz CT molecular complexity index is 634. The molecule has 2 bridgehead atoms. The molecule has 2 aliphatic carbocycles. The highest BCUT2D eigenvalue weighted by Gasteiger charge is 2.58. The molecule has 4 unspecified atom stereocenters. The summed E-state index contributed by atoms with van der Waals surface area (Å²) >= 11 is 0. The molecule has 8 heteroatoms. The molecule has 3 aliphatic rings. The Morgan fingerprint density at radius 1 is 1.03 bits per heavy atom. The van der Waals surface area contributed by atoms with E-state index in [2.05, 4.69) is 53.4 Å². The van der Waals surface area contributed by atoms with Crippen molar-refractivity contribution in [2.45, 2.75) is 46.5 Å². The lowest BCUT2D eigenvalue weighted by molar-refractivity contribution is -0.140. The molecule has 0 aromatic carbocycles. The lowest BCUT2D eigenvalue weighted by Gasteiger charge is -2.18. The minimum Gasteiger partial charge on any atom is -0.357 e. The molecule has 1 heterocycles. The van der Waals surface area contributed by atoms with Gasteiger partial charge in [-0.05, 0) is 64.1 Å². The predicted molar refractivity (Wildman–Crippen MR) is 135 cm³/mol. The van der Waals surface area contributed by atoms with Crippen LogP contribution >= 0.6 is 24.0 Å². The van der Waals surface area contributed by atoms with Crippen molar-refractivity contribution in [3.63, 3.8) is 0 Å². The Balaban J connectivity index is 0.00000341. The van der Waals surface area contributed by atoms with E-state index in [1.54, 1.807) is 0 Å². The van der Waals surface area contributed by atoms with Gasteiger partial charge < -0.3 is 15.5 Å². The molecule has 0 aromatic heterocycles. The fourth-order valence-electron chi connectivity index (χ4n) is 5.15. The number of nitrogens with one attached hydrogen (secondary N) is 2. The van der Waals surface area contributed by atoms with Crippen molar-refractivity contribution in [1.29, 1.82) is 0 Å². The van der Waals surface area contributed by atoms with Gasteiger partial charge in [-0.3, -0.25) is 19.5 Å². The molecule has 2 fully saturated rings. The van der Waals surface area contributed by atoms with Crippen LogP contribution in [0, 0.1) is 23.7 Å². The second-order valence-electron chi connectivity index (χ2n) is 8.60. The third kappa shape index (κ3) is 6.21. The lowest BCUT2D eigenvalue weighted by Crippen LogP contribution is -2.38. The van der Waals surface area contributed by atoms with Gasteiger partial charge in [0.2, 0.25) is 11.8 Å². The van der Waals surface area contributed by atoms with Gasteiger partial charge in [0, 0.05) is 26.2 Å². The van der Waals surface area contributed by atoms with E-state index in [0.717, 1.165) is 51.5 Å². The molecule has 0 radical (unpaired) electrons. The maximum atomic E-state index is 12.7. The van der Waals surface area contributed by atoms with Gasteiger partial charge in [0.1, 0.15) is 0 Å². The molecule has 31 heavy (non-hydrogen) atoms. The number of hydrogen-bond donors (Lipinski definition) is 2. The number of allylic oxidation sites excluding steroid dienone is 2.